The number of para-hydroxylation sites is 3. The molecule has 0 saturated carbocycles. The zero-order chi connectivity index (χ0) is 19.1. The smallest absolute Gasteiger partial charge is 0.408 e. The van der Waals surface area contributed by atoms with E-state index in [2.05, 4.69) is 6.07 Å². The Morgan fingerprint density at radius 1 is 1.18 bits per heavy atom. The Morgan fingerprint density at radius 3 is 2.89 bits per heavy atom. The number of oxazole rings is 1. The van der Waals surface area contributed by atoms with Crippen LogP contribution in [0.1, 0.15) is 30.3 Å². The molecular weight excluding hydrogens is 374 g/mol. The van der Waals surface area contributed by atoms with Crippen molar-refractivity contribution in [3.63, 3.8) is 0 Å². The molecule has 28 heavy (non-hydrogen) atoms. The minimum Gasteiger partial charge on any atom is -0.408 e. The largest absolute Gasteiger partial charge is 0.419 e. The van der Waals surface area contributed by atoms with Crippen LogP contribution < -0.4 is 5.76 Å². The molecule has 2 aromatic carbocycles. The van der Waals surface area contributed by atoms with E-state index in [0.717, 1.165) is 40.1 Å². The molecular formula is C21H19N3O3S. The molecule has 2 aromatic heterocycles. The average Bonchev–Trinajstić information content (AvgIpc) is 3.42. The molecule has 142 valence electrons. The molecule has 0 unspecified atom stereocenters. The monoisotopic (exact) mass is 393 g/mol. The van der Waals surface area contributed by atoms with E-state index >= 15 is 0 Å². The standard InChI is InChI=1S/C21H19N3O3S/c25-19(11-13-24-15-7-2-3-9-17(15)27-21(24)26)23-12-5-8-16(23)20-22-14-6-1-4-10-18(14)28-20/h1-4,6-7,9-10,16H,5,8,11-13H2/t16-/m0/s1. The lowest BCUT2D eigenvalue weighted by atomic mass is 10.2. The second kappa shape index (κ2) is 6.91. The molecule has 0 N–H and O–H groups in total. The van der Waals surface area contributed by atoms with Gasteiger partial charge in [-0.1, -0.05) is 24.3 Å². The third kappa shape index (κ3) is 2.92. The van der Waals surface area contributed by atoms with E-state index in [0.29, 0.717) is 12.1 Å². The van der Waals surface area contributed by atoms with Gasteiger partial charge in [0, 0.05) is 19.5 Å². The predicted molar refractivity (Wildman–Crippen MR) is 108 cm³/mol. The summed E-state index contributed by atoms with van der Waals surface area (Å²) in [6.07, 6.45) is 2.17. The number of rotatable bonds is 4. The van der Waals surface area contributed by atoms with Gasteiger partial charge in [-0.15, -0.1) is 11.3 Å². The maximum Gasteiger partial charge on any atom is 0.419 e. The van der Waals surface area contributed by atoms with Crippen molar-refractivity contribution < 1.29 is 9.21 Å². The highest BCUT2D eigenvalue weighted by molar-refractivity contribution is 7.18. The first-order chi connectivity index (χ1) is 13.7. The molecule has 1 aliphatic heterocycles. The Bertz CT molecular complexity index is 1190. The topological polar surface area (TPSA) is 68.3 Å². The lowest BCUT2D eigenvalue weighted by Gasteiger charge is -2.23. The summed E-state index contributed by atoms with van der Waals surface area (Å²) in [7, 11) is 0. The van der Waals surface area contributed by atoms with Gasteiger partial charge in [-0.3, -0.25) is 9.36 Å². The lowest BCUT2D eigenvalue weighted by molar-refractivity contribution is -0.132. The second-order valence-electron chi connectivity index (χ2n) is 7.00. The van der Waals surface area contributed by atoms with E-state index in [4.69, 9.17) is 9.40 Å². The fourth-order valence-corrected chi connectivity index (χ4v) is 5.05. The fourth-order valence-electron chi connectivity index (χ4n) is 3.93. The molecule has 6 nitrogen and oxygen atoms in total. The second-order valence-corrected chi connectivity index (χ2v) is 8.06. The zero-order valence-electron chi connectivity index (χ0n) is 15.2. The van der Waals surface area contributed by atoms with E-state index in [1.54, 1.807) is 17.4 Å². The summed E-state index contributed by atoms with van der Waals surface area (Å²) < 4.78 is 7.94. The minimum atomic E-state index is -0.418. The Balaban J connectivity index is 1.35. The van der Waals surface area contributed by atoms with Crippen LogP contribution in [-0.2, 0) is 11.3 Å². The number of fused-ring (bicyclic) bond motifs is 2. The maximum absolute atomic E-state index is 12.9. The number of benzene rings is 2. The fraction of sp³-hybridized carbons (Fsp3) is 0.286. The number of aryl methyl sites for hydroxylation is 1. The summed E-state index contributed by atoms with van der Waals surface area (Å²) in [4.78, 5) is 31.7. The van der Waals surface area contributed by atoms with Crippen molar-refractivity contribution in [2.24, 2.45) is 0 Å². The summed E-state index contributed by atoms with van der Waals surface area (Å²) in [5, 5.41) is 0.998. The highest BCUT2D eigenvalue weighted by atomic mass is 32.1. The molecule has 4 aromatic rings. The number of likely N-dealkylation sites (tertiary alicyclic amines) is 1. The molecule has 1 amide bonds. The van der Waals surface area contributed by atoms with Gasteiger partial charge in [0.25, 0.3) is 0 Å². The molecule has 5 rings (SSSR count). The van der Waals surface area contributed by atoms with E-state index in [9.17, 15) is 9.59 Å². The Kier molecular flexibility index (Phi) is 4.24. The van der Waals surface area contributed by atoms with Crippen LogP contribution >= 0.6 is 11.3 Å². The van der Waals surface area contributed by atoms with E-state index in [1.165, 1.54) is 4.57 Å². The third-order valence-corrected chi connectivity index (χ3v) is 6.43. The van der Waals surface area contributed by atoms with Crippen molar-refractivity contribution in [2.75, 3.05) is 6.54 Å². The first kappa shape index (κ1) is 17.2. The van der Waals surface area contributed by atoms with Gasteiger partial charge < -0.3 is 9.32 Å². The molecule has 0 spiro atoms. The predicted octanol–water partition coefficient (Wildman–Crippen LogP) is 3.96. The third-order valence-electron chi connectivity index (χ3n) is 5.29. The van der Waals surface area contributed by atoms with E-state index < -0.39 is 5.76 Å². The molecule has 0 bridgehead atoms. The maximum atomic E-state index is 12.9. The summed E-state index contributed by atoms with van der Waals surface area (Å²) in [6, 6.07) is 15.4. The molecule has 1 fully saturated rings. The average molecular weight is 393 g/mol. The number of hydrogen-bond donors (Lipinski definition) is 0. The lowest BCUT2D eigenvalue weighted by Crippen LogP contribution is -2.31. The first-order valence-corrected chi connectivity index (χ1v) is 10.3. The Labute approximate surface area is 165 Å². The van der Waals surface area contributed by atoms with Crippen LogP contribution in [0.4, 0.5) is 0 Å². The summed E-state index contributed by atoms with van der Waals surface area (Å²) in [5.41, 5.74) is 2.26. The van der Waals surface area contributed by atoms with Gasteiger partial charge in [-0.05, 0) is 37.1 Å². The number of amides is 1. The number of carbonyl (C=O) groups is 1. The molecule has 1 saturated heterocycles. The highest BCUT2D eigenvalue weighted by Gasteiger charge is 2.32. The molecule has 0 radical (unpaired) electrons. The number of aromatic nitrogens is 2. The van der Waals surface area contributed by atoms with Crippen molar-refractivity contribution in [1.82, 2.24) is 14.5 Å². The Hall–Kier alpha value is -2.93. The molecule has 3 heterocycles. The van der Waals surface area contributed by atoms with Gasteiger partial charge in [-0.2, -0.15) is 0 Å². The highest BCUT2D eigenvalue weighted by Crippen LogP contribution is 2.36. The van der Waals surface area contributed by atoms with Crippen molar-refractivity contribution >= 4 is 38.6 Å². The summed E-state index contributed by atoms with van der Waals surface area (Å²) in [6.45, 7) is 1.05. The minimum absolute atomic E-state index is 0.0303. The molecule has 7 heteroatoms. The first-order valence-electron chi connectivity index (χ1n) is 9.44. The number of thiazole rings is 1. The van der Waals surface area contributed by atoms with Crippen molar-refractivity contribution in [1.29, 1.82) is 0 Å². The van der Waals surface area contributed by atoms with Crippen molar-refractivity contribution in [3.05, 3.63) is 64.1 Å². The summed E-state index contributed by atoms with van der Waals surface area (Å²) in [5.74, 6) is -0.364. The van der Waals surface area contributed by atoms with Crippen LogP contribution in [-0.4, -0.2) is 26.9 Å². The quantitative estimate of drug-likeness (QED) is 0.526. The van der Waals surface area contributed by atoms with Crippen LogP contribution in [0, 0.1) is 0 Å². The molecule has 1 atom stereocenters. The van der Waals surface area contributed by atoms with Gasteiger partial charge in [0.05, 0.1) is 21.8 Å². The van der Waals surface area contributed by atoms with Crippen molar-refractivity contribution in [3.8, 4) is 0 Å². The van der Waals surface area contributed by atoms with Gasteiger partial charge in [0.15, 0.2) is 5.58 Å². The van der Waals surface area contributed by atoms with Crippen LogP contribution in [0.25, 0.3) is 21.3 Å². The van der Waals surface area contributed by atoms with Crippen LogP contribution in [0.2, 0.25) is 0 Å². The van der Waals surface area contributed by atoms with Gasteiger partial charge in [0.2, 0.25) is 5.91 Å². The van der Waals surface area contributed by atoms with E-state index in [-0.39, 0.29) is 18.4 Å². The van der Waals surface area contributed by atoms with Crippen molar-refractivity contribution in [2.45, 2.75) is 31.8 Å². The summed E-state index contributed by atoms with van der Waals surface area (Å²) >= 11 is 1.66. The van der Waals surface area contributed by atoms with Crippen LogP contribution in [0.3, 0.4) is 0 Å². The van der Waals surface area contributed by atoms with Gasteiger partial charge in [0.1, 0.15) is 5.01 Å². The SMILES string of the molecule is O=C(CCn1c(=O)oc2ccccc21)N1CCC[C@H]1c1nc2ccccc2s1. The molecule has 0 aliphatic carbocycles. The zero-order valence-corrected chi connectivity index (χ0v) is 16.0. The normalized spacial score (nSPS) is 17.0. The van der Waals surface area contributed by atoms with Gasteiger partial charge in [-0.25, -0.2) is 9.78 Å². The molecule has 1 aliphatic rings. The van der Waals surface area contributed by atoms with Gasteiger partial charge >= 0.3 is 5.76 Å². The van der Waals surface area contributed by atoms with Crippen LogP contribution in [0.15, 0.2) is 57.7 Å². The van der Waals surface area contributed by atoms with Crippen LogP contribution in [0.5, 0.6) is 0 Å². The number of hydrogen-bond acceptors (Lipinski definition) is 5. The van der Waals surface area contributed by atoms with E-state index in [1.807, 2.05) is 41.3 Å². The Morgan fingerprint density at radius 2 is 2.00 bits per heavy atom. The number of carbonyl (C=O) groups excluding carboxylic acids is 1. The number of nitrogens with zero attached hydrogens (tertiary/aromatic N) is 3.